The molecule has 1 aromatic carbocycles. The Labute approximate surface area is 172 Å². The van der Waals surface area contributed by atoms with E-state index in [1.165, 1.54) is 10.8 Å². The molecule has 6 nitrogen and oxygen atoms in total. The third kappa shape index (κ3) is 4.22. The van der Waals surface area contributed by atoms with Crippen LogP contribution in [0.15, 0.2) is 43.0 Å². The van der Waals surface area contributed by atoms with E-state index in [-0.39, 0.29) is 5.60 Å². The summed E-state index contributed by atoms with van der Waals surface area (Å²) in [6.45, 7) is 7.15. The van der Waals surface area contributed by atoms with Crippen LogP contribution in [0.25, 0.3) is 11.2 Å². The van der Waals surface area contributed by atoms with Crippen LogP contribution in [0.5, 0.6) is 0 Å². The van der Waals surface area contributed by atoms with Gasteiger partial charge in [0.2, 0.25) is 0 Å². The number of nitrogen functional groups attached to an aromatic ring is 1. The van der Waals surface area contributed by atoms with E-state index >= 15 is 0 Å². The van der Waals surface area contributed by atoms with Gasteiger partial charge >= 0.3 is 172 Å². The van der Waals surface area contributed by atoms with Crippen LogP contribution in [-0.2, 0) is 4.74 Å². The van der Waals surface area contributed by atoms with Crippen LogP contribution in [0.2, 0.25) is 4.82 Å². The molecule has 4 rings (SSSR count). The molecule has 2 aromatic heterocycles. The van der Waals surface area contributed by atoms with Gasteiger partial charge in [0.25, 0.3) is 0 Å². The SMILES string of the molecule is CC(C)(C)OC[C@H]1C[C@@H](n2cnc3c(N)ncnc32)[C@H]([Se]c2ccccc2)C1. The number of fused-ring (bicyclic) bond motifs is 1. The number of anilines is 1. The molecule has 3 atom stereocenters. The number of hydrogen-bond donors (Lipinski definition) is 1. The standard InChI is InChI=1S/C21H27N5OSe/c1-21(2,3)27-11-14-9-16(17(10-14)28-15-7-5-4-6-8-15)26-13-25-18-19(22)23-12-24-20(18)26/h4-8,12-14,16-17H,9-11H2,1-3H3,(H2,22,23,24)/t14-,16+,17+/m0/s1. The molecule has 0 bridgehead atoms. The number of hydrogen-bond acceptors (Lipinski definition) is 5. The summed E-state index contributed by atoms with van der Waals surface area (Å²) in [5.41, 5.74) is 7.43. The predicted octanol–water partition coefficient (Wildman–Crippen LogP) is 2.99. The van der Waals surface area contributed by atoms with Crippen molar-refractivity contribution in [2.24, 2.45) is 5.92 Å². The molecule has 2 N–H and O–H groups in total. The molecule has 148 valence electrons. The molecule has 0 unspecified atom stereocenters. The first-order valence-electron chi connectivity index (χ1n) is 9.69. The fourth-order valence-corrected chi connectivity index (χ4v) is 6.79. The van der Waals surface area contributed by atoms with Crippen molar-refractivity contribution in [1.82, 2.24) is 19.5 Å². The molecule has 1 fully saturated rings. The van der Waals surface area contributed by atoms with E-state index in [4.69, 9.17) is 10.5 Å². The third-order valence-corrected chi connectivity index (χ3v) is 7.94. The van der Waals surface area contributed by atoms with E-state index in [1.807, 2.05) is 6.33 Å². The zero-order chi connectivity index (χ0) is 19.7. The second-order valence-corrected chi connectivity index (χ2v) is 11.1. The van der Waals surface area contributed by atoms with Crippen molar-refractivity contribution in [1.29, 1.82) is 0 Å². The van der Waals surface area contributed by atoms with Crippen molar-refractivity contribution in [3.8, 4) is 0 Å². The number of nitrogens with two attached hydrogens (primary N) is 1. The normalized spacial score (nSPS) is 22.8. The van der Waals surface area contributed by atoms with Crippen LogP contribution in [0.1, 0.15) is 39.7 Å². The van der Waals surface area contributed by atoms with Crippen molar-refractivity contribution in [2.45, 2.75) is 50.1 Å². The molecule has 0 saturated heterocycles. The zero-order valence-corrected chi connectivity index (χ0v) is 18.3. The van der Waals surface area contributed by atoms with Gasteiger partial charge in [-0.15, -0.1) is 0 Å². The third-order valence-electron chi connectivity index (χ3n) is 5.10. The summed E-state index contributed by atoms with van der Waals surface area (Å²) in [5.74, 6) is 0.982. The van der Waals surface area contributed by atoms with Gasteiger partial charge in [0.15, 0.2) is 0 Å². The summed E-state index contributed by atoms with van der Waals surface area (Å²) < 4.78 is 9.77. The molecule has 2 heterocycles. The van der Waals surface area contributed by atoms with Crippen molar-refractivity contribution in [2.75, 3.05) is 12.3 Å². The molecule has 7 heteroatoms. The maximum absolute atomic E-state index is 6.12. The van der Waals surface area contributed by atoms with Gasteiger partial charge in [-0.3, -0.25) is 0 Å². The van der Waals surface area contributed by atoms with E-state index in [0.29, 0.717) is 43.1 Å². The van der Waals surface area contributed by atoms with Gasteiger partial charge < -0.3 is 0 Å². The van der Waals surface area contributed by atoms with Crippen LogP contribution in [0, 0.1) is 5.92 Å². The Balaban J connectivity index is 1.62. The van der Waals surface area contributed by atoms with E-state index < -0.39 is 0 Å². The van der Waals surface area contributed by atoms with Crippen molar-refractivity contribution in [3.05, 3.63) is 43.0 Å². The number of ether oxygens (including phenoxy) is 1. The van der Waals surface area contributed by atoms with Crippen LogP contribution in [0.4, 0.5) is 5.82 Å². The quantitative estimate of drug-likeness (QED) is 0.612. The van der Waals surface area contributed by atoms with Gasteiger partial charge in [0.1, 0.15) is 0 Å². The first-order chi connectivity index (χ1) is 13.4. The van der Waals surface area contributed by atoms with Crippen LogP contribution in [-0.4, -0.2) is 46.7 Å². The predicted molar refractivity (Wildman–Crippen MR) is 113 cm³/mol. The van der Waals surface area contributed by atoms with Gasteiger partial charge in [0.05, 0.1) is 0 Å². The minimum atomic E-state index is -0.110. The molecular weight excluding hydrogens is 417 g/mol. The van der Waals surface area contributed by atoms with Crippen LogP contribution < -0.4 is 10.2 Å². The molecule has 1 aliphatic carbocycles. The molecule has 28 heavy (non-hydrogen) atoms. The second kappa shape index (κ2) is 7.82. The molecule has 0 spiro atoms. The van der Waals surface area contributed by atoms with Crippen molar-refractivity contribution < 1.29 is 4.74 Å². The van der Waals surface area contributed by atoms with E-state index in [1.54, 1.807) is 0 Å². The average molecular weight is 444 g/mol. The number of benzene rings is 1. The Morgan fingerprint density at radius 3 is 2.68 bits per heavy atom. The first kappa shape index (κ1) is 19.4. The monoisotopic (exact) mass is 445 g/mol. The summed E-state index contributed by atoms with van der Waals surface area (Å²) >= 11 is 0.373. The maximum atomic E-state index is 6.12. The molecular formula is C21H27N5OSe. The summed E-state index contributed by atoms with van der Waals surface area (Å²) in [6.07, 6.45) is 5.66. The topological polar surface area (TPSA) is 78.9 Å². The molecule has 0 radical (unpaired) electrons. The Morgan fingerprint density at radius 1 is 1.14 bits per heavy atom. The molecule has 1 aliphatic rings. The van der Waals surface area contributed by atoms with Crippen molar-refractivity contribution >= 4 is 36.4 Å². The van der Waals surface area contributed by atoms with Gasteiger partial charge in [-0.1, -0.05) is 0 Å². The van der Waals surface area contributed by atoms with Gasteiger partial charge in [-0.25, -0.2) is 0 Å². The number of aromatic nitrogens is 4. The Morgan fingerprint density at radius 2 is 1.93 bits per heavy atom. The Bertz CT molecular complexity index is 937. The molecule has 0 amide bonds. The Kier molecular flexibility index (Phi) is 5.41. The van der Waals surface area contributed by atoms with Gasteiger partial charge in [0, 0.05) is 0 Å². The van der Waals surface area contributed by atoms with Crippen molar-refractivity contribution in [3.63, 3.8) is 0 Å². The molecule has 0 aliphatic heterocycles. The van der Waals surface area contributed by atoms with Gasteiger partial charge in [-0.2, -0.15) is 0 Å². The zero-order valence-electron chi connectivity index (χ0n) is 16.6. The second-order valence-electron chi connectivity index (χ2n) is 8.38. The summed E-state index contributed by atoms with van der Waals surface area (Å²) in [6, 6.07) is 11.2. The fraction of sp³-hybridized carbons (Fsp3) is 0.476. The Hall–Kier alpha value is -1.95. The first-order valence-corrected chi connectivity index (χ1v) is 11.5. The minimum absolute atomic E-state index is 0.110. The van der Waals surface area contributed by atoms with E-state index in [9.17, 15) is 0 Å². The van der Waals surface area contributed by atoms with Crippen LogP contribution in [0.3, 0.4) is 0 Å². The molecule has 3 aromatic rings. The van der Waals surface area contributed by atoms with E-state index in [0.717, 1.165) is 25.1 Å². The van der Waals surface area contributed by atoms with Gasteiger partial charge in [-0.05, 0) is 0 Å². The fourth-order valence-electron chi connectivity index (χ4n) is 3.79. The van der Waals surface area contributed by atoms with E-state index in [2.05, 4.69) is 70.6 Å². The average Bonchev–Trinajstić information content (AvgIpc) is 3.25. The number of imidazole rings is 1. The molecule has 1 saturated carbocycles. The summed E-state index contributed by atoms with van der Waals surface area (Å²) in [7, 11) is 0. The summed E-state index contributed by atoms with van der Waals surface area (Å²) in [5, 5.41) is 0. The van der Waals surface area contributed by atoms with Crippen LogP contribution >= 0.6 is 0 Å². The number of nitrogens with zero attached hydrogens (tertiary/aromatic N) is 4. The summed E-state index contributed by atoms with van der Waals surface area (Å²) in [4.78, 5) is 13.6. The number of rotatable bonds is 5.